The number of aromatic nitrogens is 2. The Morgan fingerprint density at radius 3 is 1.87 bits per heavy atom. The maximum Gasteiger partial charge on any atom is 0.367 e. The van der Waals surface area contributed by atoms with E-state index in [1.165, 1.54) is 6.20 Å². The Labute approximate surface area is 172 Å². The number of nitrogens with zero attached hydrogens (tertiary/aromatic N) is 2. The average Bonchev–Trinajstić information content (AvgIpc) is 2.81. The molecule has 0 aliphatic heterocycles. The van der Waals surface area contributed by atoms with E-state index < -0.39 is 11.6 Å². The lowest BCUT2D eigenvalue weighted by atomic mass is 9.99. The van der Waals surface area contributed by atoms with E-state index in [9.17, 15) is 14.4 Å². The van der Waals surface area contributed by atoms with Crippen molar-refractivity contribution in [3.8, 4) is 11.3 Å². The van der Waals surface area contributed by atoms with E-state index in [1.54, 1.807) is 78.9 Å². The SMILES string of the molecule is O=C(Nn1cc(C(=O)c2ccccc2)c(-c2ccccc2)nc1=O)c1ccccc1. The van der Waals surface area contributed by atoms with Crippen LogP contribution in [0.3, 0.4) is 0 Å². The molecule has 1 N–H and O–H groups in total. The van der Waals surface area contributed by atoms with E-state index >= 15 is 0 Å². The standard InChI is InChI=1S/C24H17N3O3/c28-22(18-12-6-2-7-13-18)20-16-27(26-23(29)19-14-8-3-9-15-19)24(30)25-21(20)17-10-4-1-5-11-17/h1-16H,(H,26,29). The lowest BCUT2D eigenvalue weighted by Crippen LogP contribution is -2.35. The summed E-state index contributed by atoms with van der Waals surface area (Å²) in [7, 11) is 0. The van der Waals surface area contributed by atoms with E-state index in [0.29, 0.717) is 16.7 Å². The van der Waals surface area contributed by atoms with Crippen LogP contribution >= 0.6 is 0 Å². The Kier molecular flexibility index (Phi) is 5.30. The molecule has 3 aromatic carbocycles. The van der Waals surface area contributed by atoms with Crippen LogP contribution in [-0.4, -0.2) is 21.4 Å². The third-order valence-electron chi connectivity index (χ3n) is 4.51. The van der Waals surface area contributed by atoms with Gasteiger partial charge in [-0.1, -0.05) is 78.9 Å². The molecule has 4 aromatic rings. The van der Waals surface area contributed by atoms with Crippen LogP contribution in [-0.2, 0) is 0 Å². The predicted molar refractivity (Wildman–Crippen MR) is 114 cm³/mol. The average molecular weight is 395 g/mol. The quantitative estimate of drug-likeness (QED) is 0.524. The lowest BCUT2D eigenvalue weighted by Gasteiger charge is -2.13. The number of hydrogen-bond acceptors (Lipinski definition) is 4. The fourth-order valence-electron chi connectivity index (χ4n) is 3.03. The molecule has 1 heterocycles. The van der Waals surface area contributed by atoms with Crippen LogP contribution in [0.5, 0.6) is 0 Å². The summed E-state index contributed by atoms with van der Waals surface area (Å²) in [6.07, 6.45) is 1.33. The largest absolute Gasteiger partial charge is 0.367 e. The van der Waals surface area contributed by atoms with Gasteiger partial charge in [0.25, 0.3) is 5.91 Å². The molecule has 4 rings (SSSR count). The van der Waals surface area contributed by atoms with Gasteiger partial charge < -0.3 is 0 Å². The summed E-state index contributed by atoms with van der Waals surface area (Å²) in [5, 5.41) is 0. The summed E-state index contributed by atoms with van der Waals surface area (Å²) >= 11 is 0. The van der Waals surface area contributed by atoms with Crippen molar-refractivity contribution < 1.29 is 9.59 Å². The van der Waals surface area contributed by atoms with Crippen molar-refractivity contribution in [2.75, 3.05) is 5.43 Å². The van der Waals surface area contributed by atoms with E-state index in [2.05, 4.69) is 10.4 Å². The highest BCUT2D eigenvalue weighted by Gasteiger charge is 2.19. The molecule has 0 aliphatic rings. The molecule has 146 valence electrons. The molecule has 1 amide bonds. The zero-order valence-electron chi connectivity index (χ0n) is 15.9. The van der Waals surface area contributed by atoms with E-state index in [0.717, 1.165) is 4.68 Å². The van der Waals surface area contributed by atoms with Crippen LogP contribution in [0.25, 0.3) is 11.3 Å². The van der Waals surface area contributed by atoms with Gasteiger partial charge in [-0.15, -0.1) is 0 Å². The normalized spacial score (nSPS) is 10.4. The zero-order valence-corrected chi connectivity index (χ0v) is 15.9. The predicted octanol–water partition coefficient (Wildman–Crippen LogP) is 3.53. The zero-order chi connectivity index (χ0) is 20.9. The monoisotopic (exact) mass is 395 g/mol. The van der Waals surface area contributed by atoms with Gasteiger partial charge in [0.1, 0.15) is 0 Å². The van der Waals surface area contributed by atoms with E-state index in [-0.39, 0.29) is 17.0 Å². The van der Waals surface area contributed by atoms with Crippen LogP contribution < -0.4 is 11.1 Å². The Balaban J connectivity index is 1.81. The second-order valence-electron chi connectivity index (χ2n) is 6.52. The number of benzene rings is 3. The fourth-order valence-corrected chi connectivity index (χ4v) is 3.03. The summed E-state index contributed by atoms with van der Waals surface area (Å²) < 4.78 is 0.942. The minimum Gasteiger partial charge on any atom is -0.288 e. The molecule has 0 unspecified atom stereocenters. The molecule has 6 heteroatoms. The van der Waals surface area contributed by atoms with Crippen molar-refractivity contribution in [1.29, 1.82) is 0 Å². The second kappa shape index (κ2) is 8.36. The third-order valence-corrected chi connectivity index (χ3v) is 4.51. The highest BCUT2D eigenvalue weighted by atomic mass is 16.2. The van der Waals surface area contributed by atoms with Crippen molar-refractivity contribution >= 4 is 11.7 Å². The van der Waals surface area contributed by atoms with Gasteiger partial charge in [-0.05, 0) is 12.1 Å². The van der Waals surface area contributed by atoms with Crippen LogP contribution in [0.15, 0.2) is 102 Å². The maximum absolute atomic E-state index is 13.2. The minimum atomic E-state index is -0.692. The minimum absolute atomic E-state index is 0.209. The van der Waals surface area contributed by atoms with Gasteiger partial charge in [-0.2, -0.15) is 4.98 Å². The van der Waals surface area contributed by atoms with Crippen molar-refractivity contribution in [2.45, 2.75) is 0 Å². The van der Waals surface area contributed by atoms with Crippen LogP contribution in [0.1, 0.15) is 26.3 Å². The van der Waals surface area contributed by atoms with Gasteiger partial charge in [0.05, 0.1) is 11.3 Å². The number of carbonyl (C=O) groups is 2. The van der Waals surface area contributed by atoms with Gasteiger partial charge in [-0.3, -0.25) is 15.0 Å². The summed E-state index contributed by atoms with van der Waals surface area (Å²) in [5.41, 5.74) is 3.75. The van der Waals surface area contributed by atoms with Gasteiger partial charge in [0, 0.05) is 22.9 Å². The molecule has 0 spiro atoms. The van der Waals surface area contributed by atoms with Crippen LogP contribution in [0, 0.1) is 0 Å². The first kappa shape index (κ1) is 19.0. The number of amides is 1. The van der Waals surface area contributed by atoms with Crippen molar-refractivity contribution in [1.82, 2.24) is 9.66 Å². The van der Waals surface area contributed by atoms with Crippen LogP contribution in [0.4, 0.5) is 0 Å². The highest BCUT2D eigenvalue weighted by Crippen LogP contribution is 2.22. The van der Waals surface area contributed by atoms with Gasteiger partial charge in [-0.25, -0.2) is 9.47 Å². The molecule has 0 atom stereocenters. The van der Waals surface area contributed by atoms with Crippen LogP contribution in [0.2, 0.25) is 0 Å². The van der Waals surface area contributed by atoms with Gasteiger partial charge in [0.15, 0.2) is 5.78 Å². The molecular formula is C24H17N3O3. The van der Waals surface area contributed by atoms with Crippen molar-refractivity contribution in [3.63, 3.8) is 0 Å². The number of hydrogen-bond donors (Lipinski definition) is 1. The summed E-state index contributed by atoms with van der Waals surface area (Å²) in [4.78, 5) is 42.4. The molecule has 0 bridgehead atoms. The first-order valence-electron chi connectivity index (χ1n) is 9.29. The molecule has 0 fully saturated rings. The summed E-state index contributed by atoms with van der Waals surface area (Å²) in [6, 6.07) is 26.2. The summed E-state index contributed by atoms with van der Waals surface area (Å²) in [6.45, 7) is 0. The maximum atomic E-state index is 13.2. The van der Waals surface area contributed by atoms with Crippen molar-refractivity contribution in [2.24, 2.45) is 0 Å². The Morgan fingerprint density at radius 2 is 1.27 bits per heavy atom. The molecule has 0 saturated heterocycles. The Bertz CT molecular complexity index is 1250. The van der Waals surface area contributed by atoms with Crippen molar-refractivity contribution in [3.05, 3.63) is 124 Å². The van der Waals surface area contributed by atoms with Gasteiger partial charge >= 0.3 is 5.69 Å². The number of nitrogens with one attached hydrogen (secondary N) is 1. The smallest absolute Gasteiger partial charge is 0.288 e. The molecule has 0 radical (unpaired) electrons. The summed E-state index contributed by atoms with van der Waals surface area (Å²) in [5.74, 6) is -0.783. The molecule has 6 nitrogen and oxygen atoms in total. The molecule has 0 saturated carbocycles. The first-order valence-corrected chi connectivity index (χ1v) is 9.29. The number of rotatable bonds is 5. The molecule has 1 aromatic heterocycles. The molecule has 30 heavy (non-hydrogen) atoms. The topological polar surface area (TPSA) is 81.1 Å². The Morgan fingerprint density at radius 1 is 0.733 bits per heavy atom. The van der Waals surface area contributed by atoms with Gasteiger partial charge in [0.2, 0.25) is 0 Å². The second-order valence-corrected chi connectivity index (χ2v) is 6.52. The fraction of sp³-hybridized carbons (Fsp3) is 0. The lowest BCUT2D eigenvalue weighted by molar-refractivity contribution is 0.100. The van der Waals surface area contributed by atoms with E-state index in [1.807, 2.05) is 12.1 Å². The Hall–Kier alpha value is -4.32. The number of ketones is 1. The number of carbonyl (C=O) groups excluding carboxylic acids is 2. The first-order chi connectivity index (χ1) is 14.6. The highest BCUT2D eigenvalue weighted by molar-refractivity contribution is 6.12. The third kappa shape index (κ3) is 3.93. The van der Waals surface area contributed by atoms with E-state index in [4.69, 9.17) is 0 Å². The molecular weight excluding hydrogens is 378 g/mol. The molecule has 0 aliphatic carbocycles.